The molecular weight excluding hydrogens is 192 g/mol. The van der Waals surface area contributed by atoms with Crippen molar-refractivity contribution in [3.63, 3.8) is 0 Å². The molecule has 4 nitrogen and oxygen atoms in total. The highest BCUT2D eigenvalue weighted by Crippen LogP contribution is 2.16. The Labute approximate surface area is 80.9 Å². The van der Waals surface area contributed by atoms with Crippen LogP contribution in [0.4, 0.5) is 8.78 Å². The van der Waals surface area contributed by atoms with Crippen molar-refractivity contribution in [2.45, 2.75) is 12.5 Å². The van der Waals surface area contributed by atoms with Crippen molar-refractivity contribution in [1.82, 2.24) is 15.1 Å². The predicted molar refractivity (Wildman–Crippen MR) is 47.7 cm³/mol. The summed E-state index contributed by atoms with van der Waals surface area (Å²) in [5.74, 6) is -2.32. The van der Waals surface area contributed by atoms with Gasteiger partial charge in [0.15, 0.2) is 5.75 Å². The number of nitrogens with zero attached hydrogens (tertiary/aromatic N) is 2. The molecular formula is C8H13F2N3O. The second-order valence-electron chi connectivity index (χ2n) is 2.96. The fraction of sp³-hybridized carbons (Fsp3) is 0.625. The van der Waals surface area contributed by atoms with E-state index in [0.29, 0.717) is 5.75 Å². The van der Waals surface area contributed by atoms with E-state index in [1.165, 1.54) is 26.6 Å². The molecule has 0 amide bonds. The zero-order valence-corrected chi connectivity index (χ0v) is 8.13. The van der Waals surface area contributed by atoms with Gasteiger partial charge in [-0.3, -0.25) is 4.68 Å². The van der Waals surface area contributed by atoms with Crippen molar-refractivity contribution >= 4 is 0 Å². The summed E-state index contributed by atoms with van der Waals surface area (Å²) in [6.07, 6.45) is 2.83. The minimum atomic E-state index is -2.80. The topological polar surface area (TPSA) is 39.1 Å². The molecule has 0 saturated heterocycles. The molecule has 1 heterocycles. The lowest BCUT2D eigenvalue weighted by atomic mass is 10.3. The first-order valence-corrected chi connectivity index (χ1v) is 4.16. The smallest absolute Gasteiger partial charge is 0.279 e. The Bertz CT molecular complexity index is 288. The van der Waals surface area contributed by atoms with Crippen LogP contribution in [0.5, 0.6) is 5.75 Å². The first-order valence-electron chi connectivity index (χ1n) is 4.16. The van der Waals surface area contributed by atoms with Crippen LogP contribution in [0.1, 0.15) is 0 Å². The fourth-order valence-electron chi connectivity index (χ4n) is 1.09. The first kappa shape index (κ1) is 10.9. The Morgan fingerprint density at radius 3 is 2.86 bits per heavy atom. The maximum Gasteiger partial charge on any atom is 0.279 e. The summed E-state index contributed by atoms with van der Waals surface area (Å²) < 4.78 is 32.1. The van der Waals surface area contributed by atoms with Crippen LogP contribution in [0, 0.1) is 0 Å². The molecule has 1 rings (SSSR count). The molecule has 0 atom stereocenters. The molecule has 6 heteroatoms. The second-order valence-corrected chi connectivity index (χ2v) is 2.96. The maximum absolute atomic E-state index is 13.1. The summed E-state index contributed by atoms with van der Waals surface area (Å²) in [6.45, 7) is -0.813. The molecule has 80 valence electrons. The number of ether oxygens (including phenoxy) is 1. The highest BCUT2D eigenvalue weighted by atomic mass is 19.3. The van der Waals surface area contributed by atoms with Gasteiger partial charge in [0.05, 0.1) is 26.0 Å². The van der Waals surface area contributed by atoms with E-state index in [4.69, 9.17) is 4.74 Å². The van der Waals surface area contributed by atoms with Crippen LogP contribution in [0.2, 0.25) is 0 Å². The average Bonchev–Trinajstić information content (AvgIpc) is 2.51. The van der Waals surface area contributed by atoms with E-state index in [1.807, 2.05) is 0 Å². The van der Waals surface area contributed by atoms with Gasteiger partial charge in [0.2, 0.25) is 0 Å². The third-order valence-electron chi connectivity index (χ3n) is 1.67. The van der Waals surface area contributed by atoms with Gasteiger partial charge in [-0.05, 0) is 7.05 Å². The van der Waals surface area contributed by atoms with E-state index in [1.54, 1.807) is 0 Å². The Morgan fingerprint density at radius 2 is 2.36 bits per heavy atom. The van der Waals surface area contributed by atoms with Crippen LogP contribution in [0.3, 0.4) is 0 Å². The van der Waals surface area contributed by atoms with Crippen LogP contribution in [-0.2, 0) is 6.54 Å². The number of methoxy groups -OCH3 is 1. The minimum absolute atomic E-state index is 0.366. The predicted octanol–water partition coefficient (Wildman–Crippen LogP) is 0.746. The number of aromatic nitrogens is 2. The summed E-state index contributed by atoms with van der Waals surface area (Å²) in [7, 11) is 2.95. The maximum atomic E-state index is 13.1. The monoisotopic (exact) mass is 205 g/mol. The first-order chi connectivity index (χ1) is 6.57. The lowest BCUT2D eigenvalue weighted by Crippen LogP contribution is -2.34. The molecule has 0 aromatic carbocycles. The quantitative estimate of drug-likeness (QED) is 0.770. The molecule has 0 spiro atoms. The van der Waals surface area contributed by atoms with E-state index in [2.05, 4.69) is 10.4 Å². The molecule has 1 N–H and O–H groups in total. The number of hydrogen-bond donors (Lipinski definition) is 1. The number of rotatable bonds is 5. The minimum Gasteiger partial charge on any atom is -0.493 e. The summed E-state index contributed by atoms with van der Waals surface area (Å²) in [5.41, 5.74) is 0. The van der Waals surface area contributed by atoms with Crippen LogP contribution in [-0.4, -0.2) is 36.4 Å². The van der Waals surface area contributed by atoms with E-state index >= 15 is 0 Å². The average molecular weight is 205 g/mol. The number of halogens is 2. The Balaban J connectivity index is 2.58. The van der Waals surface area contributed by atoms with E-state index < -0.39 is 12.5 Å². The molecule has 1 aromatic rings. The molecule has 0 aliphatic rings. The molecule has 0 saturated carbocycles. The van der Waals surface area contributed by atoms with Crippen LogP contribution in [0.25, 0.3) is 0 Å². The lowest BCUT2D eigenvalue weighted by molar-refractivity contribution is -0.0163. The SMILES string of the molecule is CNCC(F)(F)Cn1cc(OC)cn1. The molecule has 0 radical (unpaired) electrons. The van der Waals surface area contributed by atoms with Gasteiger partial charge in [-0.2, -0.15) is 5.10 Å². The lowest BCUT2D eigenvalue weighted by Gasteiger charge is -2.15. The summed E-state index contributed by atoms with van der Waals surface area (Å²) >= 11 is 0. The van der Waals surface area contributed by atoms with Crippen molar-refractivity contribution in [3.8, 4) is 5.75 Å². The molecule has 1 aromatic heterocycles. The third kappa shape index (κ3) is 2.95. The van der Waals surface area contributed by atoms with Crippen molar-refractivity contribution in [2.24, 2.45) is 0 Å². The molecule has 14 heavy (non-hydrogen) atoms. The summed E-state index contributed by atoms with van der Waals surface area (Å²) in [4.78, 5) is 0. The second kappa shape index (κ2) is 4.36. The van der Waals surface area contributed by atoms with Crippen molar-refractivity contribution in [3.05, 3.63) is 12.4 Å². The van der Waals surface area contributed by atoms with Crippen LogP contribution >= 0.6 is 0 Å². The molecule has 0 aliphatic carbocycles. The van der Waals surface area contributed by atoms with Gasteiger partial charge in [0.1, 0.15) is 6.54 Å². The van der Waals surface area contributed by atoms with E-state index in [-0.39, 0.29) is 6.54 Å². The molecule has 0 bridgehead atoms. The van der Waals surface area contributed by atoms with Crippen LogP contribution in [0.15, 0.2) is 12.4 Å². The standard InChI is InChI=1S/C8H13F2N3O/c1-11-5-8(9,10)6-13-4-7(14-2)3-12-13/h3-4,11H,5-6H2,1-2H3. The van der Waals surface area contributed by atoms with Crippen molar-refractivity contribution in [2.75, 3.05) is 20.7 Å². The number of nitrogens with one attached hydrogen (secondary N) is 1. The van der Waals surface area contributed by atoms with Gasteiger partial charge in [-0.1, -0.05) is 0 Å². The molecule has 0 unspecified atom stereocenters. The summed E-state index contributed by atoms with van der Waals surface area (Å²) in [5, 5.41) is 6.16. The Kier molecular flexibility index (Phi) is 3.40. The van der Waals surface area contributed by atoms with Gasteiger partial charge in [0, 0.05) is 0 Å². The normalized spacial score (nSPS) is 11.7. The molecule has 0 fully saturated rings. The molecule has 0 aliphatic heterocycles. The Morgan fingerprint density at radius 1 is 1.64 bits per heavy atom. The van der Waals surface area contributed by atoms with Gasteiger partial charge < -0.3 is 10.1 Å². The van der Waals surface area contributed by atoms with Crippen LogP contribution < -0.4 is 10.1 Å². The van der Waals surface area contributed by atoms with Gasteiger partial charge in [-0.15, -0.1) is 0 Å². The van der Waals surface area contributed by atoms with Crippen molar-refractivity contribution in [1.29, 1.82) is 0 Å². The highest BCUT2D eigenvalue weighted by molar-refractivity contribution is 5.11. The Hall–Kier alpha value is -1.17. The largest absolute Gasteiger partial charge is 0.493 e. The van der Waals surface area contributed by atoms with E-state index in [9.17, 15) is 8.78 Å². The highest BCUT2D eigenvalue weighted by Gasteiger charge is 2.28. The fourth-order valence-corrected chi connectivity index (χ4v) is 1.09. The number of alkyl halides is 2. The third-order valence-corrected chi connectivity index (χ3v) is 1.67. The van der Waals surface area contributed by atoms with Crippen molar-refractivity contribution < 1.29 is 13.5 Å². The zero-order valence-electron chi connectivity index (χ0n) is 8.13. The zero-order chi connectivity index (χ0) is 10.6. The van der Waals surface area contributed by atoms with E-state index in [0.717, 1.165) is 4.68 Å². The van der Waals surface area contributed by atoms with Gasteiger partial charge in [0.25, 0.3) is 5.92 Å². The van der Waals surface area contributed by atoms with Gasteiger partial charge in [-0.25, -0.2) is 8.78 Å². The summed E-state index contributed by atoms with van der Waals surface area (Å²) in [6, 6.07) is 0. The van der Waals surface area contributed by atoms with Gasteiger partial charge >= 0.3 is 0 Å². The number of hydrogen-bond acceptors (Lipinski definition) is 3.